The summed E-state index contributed by atoms with van der Waals surface area (Å²) >= 11 is 0.720. The average Bonchev–Trinajstić information content (AvgIpc) is 3.17. The van der Waals surface area contributed by atoms with Gasteiger partial charge in [0.15, 0.2) is 11.5 Å². The van der Waals surface area contributed by atoms with Crippen LogP contribution in [0.2, 0.25) is 0 Å². The topological polar surface area (TPSA) is 162 Å². The first-order chi connectivity index (χ1) is 18.2. The molecular formula is C24H22N4O9S. The maximum absolute atomic E-state index is 12.9. The lowest BCUT2D eigenvalue weighted by atomic mass is 10.1. The van der Waals surface area contributed by atoms with E-state index < -0.39 is 32.4 Å². The number of methoxy groups -OCH3 is 1. The van der Waals surface area contributed by atoms with Crippen molar-refractivity contribution in [2.45, 2.75) is 19.3 Å². The number of ether oxygens (including phenoxy) is 2. The molecule has 3 amide bonds. The first kappa shape index (κ1) is 26.6. The summed E-state index contributed by atoms with van der Waals surface area (Å²) in [6, 6.07) is 7.48. The van der Waals surface area contributed by atoms with Gasteiger partial charge < -0.3 is 14.4 Å². The third-order valence-corrected chi connectivity index (χ3v) is 6.84. The second-order valence-corrected chi connectivity index (χ2v) is 9.38. The fraction of sp³-hybridized carbons (Fsp3) is 0.292. The van der Waals surface area contributed by atoms with Gasteiger partial charge in [-0.05, 0) is 60.9 Å². The van der Waals surface area contributed by atoms with Gasteiger partial charge in [-0.25, -0.2) is 0 Å². The lowest BCUT2D eigenvalue weighted by Crippen LogP contribution is -2.44. The summed E-state index contributed by atoms with van der Waals surface area (Å²) in [5.74, 6) is -0.832. The zero-order valence-corrected chi connectivity index (χ0v) is 21.0. The molecule has 0 aliphatic carbocycles. The van der Waals surface area contributed by atoms with Crippen LogP contribution in [-0.4, -0.2) is 63.4 Å². The molecule has 2 aromatic rings. The highest BCUT2D eigenvalue weighted by atomic mass is 32.2. The van der Waals surface area contributed by atoms with Crippen molar-refractivity contribution in [3.05, 3.63) is 67.1 Å². The van der Waals surface area contributed by atoms with Crippen LogP contribution < -0.4 is 9.47 Å². The molecule has 0 N–H and O–H groups in total. The van der Waals surface area contributed by atoms with Crippen LogP contribution in [0.25, 0.3) is 6.08 Å². The predicted molar refractivity (Wildman–Crippen MR) is 136 cm³/mol. The van der Waals surface area contributed by atoms with E-state index in [0.717, 1.165) is 54.1 Å². The maximum Gasteiger partial charge on any atom is 0.318 e. The molecular weight excluding hydrogens is 520 g/mol. The second-order valence-electron chi connectivity index (χ2n) is 8.39. The van der Waals surface area contributed by atoms with Crippen molar-refractivity contribution in [2.75, 3.05) is 26.7 Å². The van der Waals surface area contributed by atoms with Crippen molar-refractivity contribution in [1.82, 2.24) is 9.80 Å². The smallest absolute Gasteiger partial charge is 0.318 e. The van der Waals surface area contributed by atoms with E-state index in [1.807, 2.05) is 0 Å². The quantitative estimate of drug-likeness (QED) is 0.266. The van der Waals surface area contributed by atoms with Crippen LogP contribution in [0.15, 0.2) is 41.3 Å². The number of rotatable bonds is 8. The lowest BCUT2D eigenvalue weighted by Gasteiger charge is -2.27. The van der Waals surface area contributed by atoms with E-state index in [0.29, 0.717) is 18.7 Å². The molecule has 13 nitrogen and oxygen atoms in total. The van der Waals surface area contributed by atoms with Gasteiger partial charge in [0.1, 0.15) is 6.54 Å². The van der Waals surface area contributed by atoms with Crippen molar-refractivity contribution >= 4 is 46.3 Å². The fourth-order valence-electron chi connectivity index (χ4n) is 3.99. The minimum absolute atomic E-state index is 0.0850. The number of hydrogen-bond acceptors (Lipinski definition) is 10. The highest BCUT2D eigenvalue weighted by Gasteiger charge is 2.37. The fourth-order valence-corrected chi connectivity index (χ4v) is 4.83. The molecule has 0 unspecified atom stereocenters. The number of non-ortho nitro benzene ring substituents is 1. The number of thioether (sulfide) groups is 1. The van der Waals surface area contributed by atoms with Gasteiger partial charge in [0.25, 0.3) is 16.8 Å². The normalized spacial score (nSPS) is 16.6. The minimum Gasteiger partial charge on any atom is -0.493 e. The zero-order valence-electron chi connectivity index (χ0n) is 20.2. The number of hydrogen-bond donors (Lipinski definition) is 0. The van der Waals surface area contributed by atoms with Gasteiger partial charge >= 0.3 is 5.69 Å². The van der Waals surface area contributed by atoms with Crippen LogP contribution in [0.4, 0.5) is 16.2 Å². The summed E-state index contributed by atoms with van der Waals surface area (Å²) in [6.07, 6.45) is 4.31. The van der Waals surface area contributed by atoms with Gasteiger partial charge in [0.05, 0.1) is 27.9 Å². The highest BCUT2D eigenvalue weighted by Crippen LogP contribution is 2.39. The monoisotopic (exact) mass is 542 g/mol. The third-order valence-electron chi connectivity index (χ3n) is 5.93. The van der Waals surface area contributed by atoms with Crippen LogP contribution >= 0.6 is 11.8 Å². The van der Waals surface area contributed by atoms with Crippen LogP contribution in [0.3, 0.4) is 0 Å². The number of carbonyl (C=O) groups is 3. The molecule has 0 bridgehead atoms. The van der Waals surface area contributed by atoms with Gasteiger partial charge in [-0.15, -0.1) is 0 Å². The third kappa shape index (κ3) is 5.75. The Morgan fingerprint density at radius 2 is 1.71 bits per heavy atom. The Kier molecular flexibility index (Phi) is 7.90. The van der Waals surface area contributed by atoms with Crippen molar-refractivity contribution in [2.24, 2.45) is 0 Å². The molecule has 14 heteroatoms. The van der Waals surface area contributed by atoms with E-state index in [1.54, 1.807) is 11.0 Å². The van der Waals surface area contributed by atoms with E-state index in [4.69, 9.17) is 9.47 Å². The first-order valence-corrected chi connectivity index (χ1v) is 12.3. The molecule has 0 saturated carbocycles. The van der Waals surface area contributed by atoms with Crippen molar-refractivity contribution in [1.29, 1.82) is 0 Å². The summed E-state index contributed by atoms with van der Waals surface area (Å²) in [7, 11) is 1.34. The Balaban J connectivity index is 1.52. The van der Waals surface area contributed by atoms with E-state index in [-0.39, 0.29) is 34.6 Å². The zero-order chi connectivity index (χ0) is 27.4. The summed E-state index contributed by atoms with van der Waals surface area (Å²) in [4.78, 5) is 61.4. The molecule has 0 atom stereocenters. The van der Waals surface area contributed by atoms with Gasteiger partial charge in [0.2, 0.25) is 11.7 Å². The summed E-state index contributed by atoms with van der Waals surface area (Å²) < 4.78 is 10.9. The lowest BCUT2D eigenvalue weighted by molar-refractivity contribution is -0.394. The Morgan fingerprint density at radius 3 is 2.37 bits per heavy atom. The summed E-state index contributed by atoms with van der Waals surface area (Å²) in [5, 5.41) is 21.8. The predicted octanol–water partition coefficient (Wildman–Crippen LogP) is 4.35. The minimum atomic E-state index is -0.796. The molecule has 2 fully saturated rings. The highest BCUT2D eigenvalue weighted by molar-refractivity contribution is 8.18. The van der Waals surface area contributed by atoms with Gasteiger partial charge in [-0.1, -0.05) is 6.07 Å². The summed E-state index contributed by atoms with van der Waals surface area (Å²) in [6.45, 7) is 0.913. The SMILES string of the molecule is COc1cc(/C=C2\SC(=O)N(CC(=O)N3CCCCC3)C2=O)ccc1Oc1ccc([N+](=O)[O-])cc1[N+](=O)[O-]. The second kappa shape index (κ2) is 11.3. The Hall–Kier alpha value is -4.46. The van der Waals surface area contributed by atoms with Gasteiger partial charge in [0, 0.05) is 19.2 Å². The average molecular weight is 543 g/mol. The Bertz CT molecular complexity index is 1350. The number of carbonyl (C=O) groups excluding carboxylic acids is 3. The van der Waals surface area contributed by atoms with Crippen molar-refractivity contribution in [3.63, 3.8) is 0 Å². The van der Waals surface area contributed by atoms with Gasteiger partial charge in [-0.3, -0.25) is 39.5 Å². The van der Waals surface area contributed by atoms with E-state index in [9.17, 15) is 34.6 Å². The van der Waals surface area contributed by atoms with Crippen molar-refractivity contribution in [3.8, 4) is 17.2 Å². The number of imide groups is 1. The van der Waals surface area contributed by atoms with E-state index in [2.05, 4.69) is 0 Å². The molecule has 38 heavy (non-hydrogen) atoms. The van der Waals surface area contributed by atoms with Gasteiger partial charge in [-0.2, -0.15) is 0 Å². The maximum atomic E-state index is 12.9. The van der Waals surface area contributed by atoms with Crippen LogP contribution in [-0.2, 0) is 9.59 Å². The molecule has 2 aromatic carbocycles. The van der Waals surface area contributed by atoms with Crippen LogP contribution in [0, 0.1) is 20.2 Å². The number of nitro groups is 2. The number of benzene rings is 2. The van der Waals surface area contributed by atoms with E-state index in [1.165, 1.54) is 25.3 Å². The molecule has 2 aliphatic heterocycles. The standard InChI is InChI=1S/C24H22N4O9S/c1-36-20-11-15(5-7-19(20)37-18-8-6-16(27(32)33)13-17(18)28(34)35)12-21-23(30)26(24(31)38-21)14-22(29)25-9-3-2-4-10-25/h5-8,11-13H,2-4,9-10,14H2,1H3/b21-12-. The van der Waals surface area contributed by atoms with Crippen LogP contribution in [0.1, 0.15) is 24.8 Å². The summed E-state index contributed by atoms with van der Waals surface area (Å²) in [5.41, 5.74) is -0.587. The van der Waals surface area contributed by atoms with E-state index >= 15 is 0 Å². The largest absolute Gasteiger partial charge is 0.493 e. The molecule has 0 aromatic heterocycles. The molecule has 2 saturated heterocycles. The number of nitro benzene ring substituents is 2. The van der Waals surface area contributed by atoms with Crippen LogP contribution in [0.5, 0.6) is 17.2 Å². The molecule has 0 radical (unpaired) electrons. The number of nitrogens with zero attached hydrogens (tertiary/aromatic N) is 4. The molecule has 2 aliphatic rings. The number of amides is 3. The van der Waals surface area contributed by atoms with Crippen molar-refractivity contribution < 1.29 is 33.7 Å². The molecule has 0 spiro atoms. The molecule has 2 heterocycles. The first-order valence-electron chi connectivity index (χ1n) is 11.5. The Labute approximate surface area is 220 Å². The number of likely N-dealkylation sites (tertiary alicyclic amines) is 1. The number of piperidine rings is 1. The molecule has 4 rings (SSSR count). The molecule has 198 valence electrons. The Morgan fingerprint density at radius 1 is 1.00 bits per heavy atom.